The molecule has 2 aromatic rings. The normalized spacial score (nSPS) is 15.1. The van der Waals surface area contributed by atoms with E-state index in [0.717, 1.165) is 30.4 Å². The molecule has 3 rings (SSSR count). The molecule has 1 aromatic carbocycles. The zero-order chi connectivity index (χ0) is 21.4. The Hall–Kier alpha value is -1.51. The molecular weight excluding hydrogens is 418 g/mol. The van der Waals surface area contributed by atoms with E-state index < -0.39 is 10.0 Å². The maximum atomic E-state index is 12.7. The summed E-state index contributed by atoms with van der Waals surface area (Å²) in [4.78, 5) is 17.0. The van der Waals surface area contributed by atoms with Gasteiger partial charge in [0.15, 0.2) is 5.13 Å². The van der Waals surface area contributed by atoms with E-state index in [9.17, 15) is 13.2 Å². The van der Waals surface area contributed by atoms with Crippen LogP contribution in [0, 0.1) is 0 Å². The van der Waals surface area contributed by atoms with E-state index in [-0.39, 0.29) is 5.91 Å². The SMILES string of the molecule is CCCCCCCCCCC(=O)Nc1nc2ccc(S(=O)(=O)N3CCCC3)cc2s1. The lowest BCUT2D eigenvalue weighted by Crippen LogP contribution is -2.27. The second-order valence-electron chi connectivity index (χ2n) is 8.03. The van der Waals surface area contributed by atoms with Gasteiger partial charge in [0.05, 0.1) is 15.1 Å². The van der Waals surface area contributed by atoms with Crippen molar-refractivity contribution in [2.75, 3.05) is 18.4 Å². The van der Waals surface area contributed by atoms with Gasteiger partial charge in [-0.05, 0) is 37.5 Å². The number of thiazole rings is 1. The van der Waals surface area contributed by atoms with Crippen molar-refractivity contribution in [2.45, 2.75) is 82.4 Å². The summed E-state index contributed by atoms with van der Waals surface area (Å²) in [5.74, 6) is -0.0232. The first-order valence-corrected chi connectivity index (χ1v) is 13.5. The second kappa shape index (κ2) is 11.2. The summed E-state index contributed by atoms with van der Waals surface area (Å²) in [7, 11) is -3.44. The molecule has 1 amide bonds. The van der Waals surface area contributed by atoms with Crippen LogP contribution < -0.4 is 5.32 Å². The molecule has 1 aromatic heterocycles. The predicted octanol–water partition coefficient (Wildman–Crippen LogP) is 5.55. The first kappa shape index (κ1) is 23.2. The molecule has 1 fully saturated rings. The van der Waals surface area contributed by atoms with Crippen LogP contribution in [-0.4, -0.2) is 36.7 Å². The Bertz CT molecular complexity index is 934. The van der Waals surface area contributed by atoms with Gasteiger partial charge in [0.2, 0.25) is 15.9 Å². The number of carbonyl (C=O) groups is 1. The fourth-order valence-corrected chi connectivity index (χ4v) is 6.34. The highest BCUT2D eigenvalue weighted by Crippen LogP contribution is 2.30. The zero-order valence-electron chi connectivity index (χ0n) is 17.9. The lowest BCUT2D eigenvalue weighted by atomic mass is 10.1. The van der Waals surface area contributed by atoms with Crippen LogP contribution in [0.2, 0.25) is 0 Å². The number of hydrogen-bond donors (Lipinski definition) is 1. The number of anilines is 1. The third-order valence-corrected chi connectivity index (χ3v) is 8.39. The molecule has 1 aliphatic heterocycles. The average Bonchev–Trinajstić information content (AvgIpc) is 3.39. The highest BCUT2D eigenvalue weighted by Gasteiger charge is 2.27. The Labute approximate surface area is 184 Å². The first-order chi connectivity index (χ1) is 14.5. The number of sulfonamides is 1. The summed E-state index contributed by atoms with van der Waals surface area (Å²) in [6, 6.07) is 5.01. The van der Waals surface area contributed by atoms with Gasteiger partial charge in [0.25, 0.3) is 0 Å². The van der Waals surface area contributed by atoms with Gasteiger partial charge < -0.3 is 5.32 Å². The molecule has 1 N–H and O–H groups in total. The van der Waals surface area contributed by atoms with Crippen molar-refractivity contribution in [1.29, 1.82) is 0 Å². The largest absolute Gasteiger partial charge is 0.302 e. The van der Waals surface area contributed by atoms with Crippen molar-refractivity contribution >= 4 is 42.6 Å². The van der Waals surface area contributed by atoms with Crippen molar-refractivity contribution in [1.82, 2.24) is 9.29 Å². The molecule has 8 heteroatoms. The fourth-order valence-electron chi connectivity index (χ4n) is 3.80. The quantitative estimate of drug-likeness (QED) is 0.429. The van der Waals surface area contributed by atoms with E-state index in [1.165, 1.54) is 49.9 Å². The summed E-state index contributed by atoms with van der Waals surface area (Å²) in [6.45, 7) is 3.39. The monoisotopic (exact) mass is 451 g/mol. The van der Waals surface area contributed by atoms with Gasteiger partial charge in [-0.3, -0.25) is 4.79 Å². The topological polar surface area (TPSA) is 79.4 Å². The van der Waals surface area contributed by atoms with Crippen molar-refractivity contribution in [3.63, 3.8) is 0 Å². The number of unbranched alkanes of at least 4 members (excludes halogenated alkanes) is 7. The highest BCUT2D eigenvalue weighted by atomic mass is 32.2. The molecule has 0 aliphatic carbocycles. The Morgan fingerprint density at radius 1 is 1.07 bits per heavy atom. The molecule has 0 radical (unpaired) electrons. The number of nitrogens with one attached hydrogen (secondary N) is 1. The van der Waals surface area contributed by atoms with E-state index in [2.05, 4.69) is 17.2 Å². The van der Waals surface area contributed by atoms with Gasteiger partial charge in [0, 0.05) is 19.5 Å². The number of rotatable bonds is 12. The summed E-state index contributed by atoms with van der Waals surface area (Å²) < 4.78 is 27.8. The van der Waals surface area contributed by atoms with Gasteiger partial charge in [-0.25, -0.2) is 13.4 Å². The van der Waals surface area contributed by atoms with Crippen LogP contribution in [0.4, 0.5) is 5.13 Å². The van der Waals surface area contributed by atoms with Crippen molar-refractivity contribution in [3.05, 3.63) is 18.2 Å². The number of nitrogens with zero attached hydrogens (tertiary/aromatic N) is 2. The Morgan fingerprint density at radius 3 is 2.43 bits per heavy atom. The molecule has 1 saturated heterocycles. The molecule has 2 heterocycles. The third-order valence-electron chi connectivity index (χ3n) is 5.57. The molecule has 166 valence electrons. The number of amides is 1. The van der Waals surface area contributed by atoms with Gasteiger partial charge in [-0.15, -0.1) is 0 Å². The van der Waals surface area contributed by atoms with Crippen molar-refractivity contribution in [2.24, 2.45) is 0 Å². The van der Waals surface area contributed by atoms with Gasteiger partial charge in [-0.1, -0.05) is 63.2 Å². The minimum Gasteiger partial charge on any atom is -0.302 e. The molecule has 0 bridgehead atoms. The Morgan fingerprint density at radius 2 is 1.73 bits per heavy atom. The second-order valence-corrected chi connectivity index (χ2v) is 11.0. The van der Waals surface area contributed by atoms with Crippen LogP contribution in [0.25, 0.3) is 10.2 Å². The Kier molecular flexibility index (Phi) is 8.65. The maximum absolute atomic E-state index is 12.7. The average molecular weight is 452 g/mol. The fraction of sp³-hybridized carbons (Fsp3) is 0.636. The highest BCUT2D eigenvalue weighted by molar-refractivity contribution is 7.89. The van der Waals surface area contributed by atoms with E-state index >= 15 is 0 Å². The summed E-state index contributed by atoms with van der Waals surface area (Å²) in [6.07, 6.45) is 11.9. The molecule has 30 heavy (non-hydrogen) atoms. The van der Waals surface area contributed by atoms with Crippen LogP contribution in [-0.2, 0) is 14.8 Å². The molecule has 0 unspecified atom stereocenters. The zero-order valence-corrected chi connectivity index (χ0v) is 19.5. The minimum atomic E-state index is -3.44. The van der Waals surface area contributed by atoms with E-state index in [0.29, 0.717) is 35.1 Å². The summed E-state index contributed by atoms with van der Waals surface area (Å²) >= 11 is 1.33. The first-order valence-electron chi connectivity index (χ1n) is 11.2. The standard InChI is InChI=1S/C22H33N3O3S2/c1-2-3-4-5-6-7-8-9-12-21(26)24-22-23-19-14-13-18(17-20(19)29-22)30(27,28)25-15-10-11-16-25/h13-14,17H,2-12,15-16H2,1H3,(H,23,24,26). The molecule has 1 aliphatic rings. The van der Waals surface area contributed by atoms with Gasteiger partial charge in [0.1, 0.15) is 0 Å². The third kappa shape index (κ3) is 6.25. The Balaban J connectivity index is 1.49. The molecule has 0 atom stereocenters. The van der Waals surface area contributed by atoms with Crippen molar-refractivity contribution in [3.8, 4) is 0 Å². The molecule has 6 nitrogen and oxygen atoms in total. The molecule has 0 spiro atoms. The number of fused-ring (bicyclic) bond motifs is 1. The number of aromatic nitrogens is 1. The van der Waals surface area contributed by atoms with E-state index in [4.69, 9.17) is 0 Å². The summed E-state index contributed by atoms with van der Waals surface area (Å²) in [5.41, 5.74) is 0.711. The number of hydrogen-bond acceptors (Lipinski definition) is 5. The van der Waals surface area contributed by atoms with Gasteiger partial charge >= 0.3 is 0 Å². The predicted molar refractivity (Wildman–Crippen MR) is 123 cm³/mol. The molecular formula is C22H33N3O3S2. The molecule has 0 saturated carbocycles. The number of benzene rings is 1. The van der Waals surface area contributed by atoms with E-state index in [1.54, 1.807) is 22.5 Å². The van der Waals surface area contributed by atoms with E-state index in [1.807, 2.05) is 0 Å². The number of carbonyl (C=O) groups excluding carboxylic acids is 1. The smallest absolute Gasteiger partial charge is 0.243 e. The van der Waals surface area contributed by atoms with Crippen molar-refractivity contribution < 1.29 is 13.2 Å². The maximum Gasteiger partial charge on any atom is 0.243 e. The van der Waals surface area contributed by atoms with Crippen LogP contribution in [0.5, 0.6) is 0 Å². The van der Waals surface area contributed by atoms with Crippen LogP contribution in [0.15, 0.2) is 23.1 Å². The minimum absolute atomic E-state index is 0.0232. The van der Waals surface area contributed by atoms with Crippen LogP contribution in [0.3, 0.4) is 0 Å². The lowest BCUT2D eigenvalue weighted by Gasteiger charge is -2.15. The van der Waals surface area contributed by atoms with Crippen LogP contribution in [0.1, 0.15) is 77.6 Å². The lowest BCUT2D eigenvalue weighted by molar-refractivity contribution is -0.116. The summed E-state index contributed by atoms with van der Waals surface area (Å²) in [5, 5.41) is 3.40. The van der Waals surface area contributed by atoms with Crippen LogP contribution >= 0.6 is 11.3 Å². The van der Waals surface area contributed by atoms with Gasteiger partial charge in [-0.2, -0.15) is 4.31 Å².